The van der Waals surface area contributed by atoms with E-state index in [0.29, 0.717) is 13.2 Å². The molecule has 0 N–H and O–H groups in total. The van der Waals surface area contributed by atoms with E-state index in [1.165, 1.54) is 5.56 Å². The summed E-state index contributed by atoms with van der Waals surface area (Å²) in [6.45, 7) is 9.37. The third-order valence-corrected chi connectivity index (χ3v) is 5.27. The summed E-state index contributed by atoms with van der Waals surface area (Å²) in [5.74, 6) is 1.58. The zero-order valence-electron chi connectivity index (χ0n) is 20.6. The van der Waals surface area contributed by atoms with Gasteiger partial charge in [-0.2, -0.15) is 0 Å². The smallest absolute Gasteiger partial charge is 0.306 e. The van der Waals surface area contributed by atoms with Crippen molar-refractivity contribution in [2.75, 3.05) is 19.9 Å². The standard InChI is InChI=1S/C16H21NO3.C10H10O2.C2H6/c1-2-8-17(9-4-3-5-10-18)12-14-6-7-15-16(11-14)20-13-19-15;11-10-7-6-9(12-10)8-4-2-1-3-5-8;1-2/h3,5-7,10-11H,2,4,8-9,12-13H2,1H3;1-5,9H,6-7H2;1-2H3/b5-3-;;/t;9-;/m.0./s1. The summed E-state index contributed by atoms with van der Waals surface area (Å²) in [5.41, 5.74) is 2.32. The van der Waals surface area contributed by atoms with Crippen molar-refractivity contribution in [3.8, 4) is 11.5 Å². The van der Waals surface area contributed by atoms with E-state index < -0.39 is 0 Å². The highest BCUT2D eigenvalue weighted by atomic mass is 16.7. The molecule has 0 saturated carbocycles. The number of esters is 1. The Hall–Kier alpha value is -3.12. The number of rotatable bonds is 9. The zero-order valence-corrected chi connectivity index (χ0v) is 20.6. The molecule has 2 heterocycles. The number of fused-ring (bicyclic) bond motifs is 1. The topological polar surface area (TPSA) is 65.1 Å². The van der Waals surface area contributed by atoms with Gasteiger partial charge in [0.05, 0.1) is 0 Å². The van der Waals surface area contributed by atoms with Gasteiger partial charge in [-0.1, -0.05) is 63.2 Å². The predicted octanol–water partition coefficient (Wildman–Crippen LogP) is 5.86. The molecule has 0 aromatic heterocycles. The Labute approximate surface area is 203 Å². The third kappa shape index (κ3) is 9.02. The molecule has 0 spiro atoms. The summed E-state index contributed by atoms with van der Waals surface area (Å²) >= 11 is 0. The Morgan fingerprint density at radius 1 is 1.03 bits per heavy atom. The minimum absolute atomic E-state index is 0.00120. The first-order valence-electron chi connectivity index (χ1n) is 12.1. The van der Waals surface area contributed by atoms with E-state index in [-0.39, 0.29) is 12.1 Å². The van der Waals surface area contributed by atoms with Crippen molar-refractivity contribution in [2.24, 2.45) is 0 Å². The van der Waals surface area contributed by atoms with Gasteiger partial charge in [-0.15, -0.1) is 0 Å². The van der Waals surface area contributed by atoms with Crippen molar-refractivity contribution in [3.05, 3.63) is 71.8 Å². The fourth-order valence-electron chi connectivity index (χ4n) is 3.72. The molecule has 6 heteroatoms. The minimum atomic E-state index is -0.0798. The van der Waals surface area contributed by atoms with Crippen LogP contribution in [0.1, 0.15) is 63.7 Å². The third-order valence-electron chi connectivity index (χ3n) is 5.27. The lowest BCUT2D eigenvalue weighted by molar-refractivity contribution is -0.141. The Morgan fingerprint density at radius 2 is 1.79 bits per heavy atom. The molecule has 0 unspecified atom stereocenters. The molecule has 2 aromatic rings. The number of cyclic esters (lactones) is 1. The second-order valence-corrected chi connectivity index (χ2v) is 7.74. The number of carbonyl (C=O) groups excluding carboxylic acids is 2. The van der Waals surface area contributed by atoms with Gasteiger partial charge in [0, 0.05) is 19.5 Å². The van der Waals surface area contributed by atoms with Crippen molar-refractivity contribution >= 4 is 12.3 Å². The Kier molecular flexibility index (Phi) is 12.5. The molecule has 184 valence electrons. The van der Waals surface area contributed by atoms with Crippen molar-refractivity contribution < 1.29 is 23.8 Å². The highest BCUT2D eigenvalue weighted by Crippen LogP contribution is 2.33. The number of allylic oxidation sites excluding steroid dienone is 1. The molecule has 0 bridgehead atoms. The molecule has 1 fully saturated rings. The van der Waals surface area contributed by atoms with Crippen LogP contribution in [-0.4, -0.2) is 37.0 Å². The summed E-state index contributed by atoms with van der Waals surface area (Å²) in [6, 6.07) is 16.0. The van der Waals surface area contributed by atoms with Crippen LogP contribution in [0.25, 0.3) is 0 Å². The first-order chi connectivity index (χ1) is 16.7. The maximum atomic E-state index is 10.8. The quantitative estimate of drug-likeness (QED) is 0.261. The second kappa shape index (κ2) is 15.7. The monoisotopic (exact) mass is 467 g/mol. The van der Waals surface area contributed by atoms with E-state index in [2.05, 4.69) is 17.9 Å². The van der Waals surface area contributed by atoms with Gasteiger partial charge in [0.25, 0.3) is 0 Å². The number of hydrogen-bond donors (Lipinski definition) is 0. The lowest BCUT2D eigenvalue weighted by Gasteiger charge is -2.21. The van der Waals surface area contributed by atoms with Gasteiger partial charge >= 0.3 is 5.97 Å². The highest BCUT2D eigenvalue weighted by molar-refractivity contribution is 5.71. The summed E-state index contributed by atoms with van der Waals surface area (Å²) in [7, 11) is 0. The SMILES string of the molecule is CC.CCCN(CC/C=C\C=O)Cc1ccc2c(c1)OCO2.O=C1CC[C@@H](c2ccccc2)O1. The molecular formula is C28H37NO5. The summed E-state index contributed by atoms with van der Waals surface area (Å²) in [4.78, 5) is 23.4. The van der Waals surface area contributed by atoms with Crippen LogP contribution in [0.3, 0.4) is 0 Å². The number of hydrogen-bond acceptors (Lipinski definition) is 6. The predicted molar refractivity (Wildman–Crippen MR) is 134 cm³/mol. The van der Waals surface area contributed by atoms with Gasteiger partial charge < -0.3 is 14.2 Å². The second-order valence-electron chi connectivity index (χ2n) is 7.74. The molecule has 4 rings (SSSR count). The Morgan fingerprint density at radius 3 is 2.47 bits per heavy atom. The van der Waals surface area contributed by atoms with Crippen LogP contribution in [0, 0.1) is 0 Å². The lowest BCUT2D eigenvalue weighted by atomic mass is 10.1. The zero-order chi connectivity index (χ0) is 24.6. The van der Waals surface area contributed by atoms with Crippen molar-refractivity contribution in [3.63, 3.8) is 0 Å². The van der Waals surface area contributed by atoms with E-state index in [1.807, 2.05) is 62.4 Å². The number of benzene rings is 2. The van der Waals surface area contributed by atoms with Gasteiger partial charge in [-0.05, 0) is 55.1 Å². The highest BCUT2D eigenvalue weighted by Gasteiger charge is 2.24. The molecule has 2 aromatic carbocycles. The van der Waals surface area contributed by atoms with E-state index in [1.54, 1.807) is 6.08 Å². The van der Waals surface area contributed by atoms with Crippen LogP contribution in [0.2, 0.25) is 0 Å². The summed E-state index contributed by atoms with van der Waals surface area (Å²) in [5, 5.41) is 0. The molecule has 2 aliphatic heterocycles. The number of aldehydes is 1. The first-order valence-corrected chi connectivity index (χ1v) is 12.1. The van der Waals surface area contributed by atoms with Crippen molar-refractivity contribution in [2.45, 2.75) is 59.1 Å². The molecule has 0 aliphatic carbocycles. The van der Waals surface area contributed by atoms with Crippen LogP contribution >= 0.6 is 0 Å². The maximum absolute atomic E-state index is 10.8. The van der Waals surface area contributed by atoms with Gasteiger partial charge in [-0.3, -0.25) is 14.5 Å². The van der Waals surface area contributed by atoms with E-state index >= 15 is 0 Å². The van der Waals surface area contributed by atoms with Gasteiger partial charge in [0.2, 0.25) is 6.79 Å². The van der Waals surface area contributed by atoms with Crippen LogP contribution in [-0.2, 0) is 20.9 Å². The lowest BCUT2D eigenvalue weighted by Crippen LogP contribution is -2.25. The minimum Gasteiger partial charge on any atom is -0.457 e. The van der Waals surface area contributed by atoms with Crippen LogP contribution in [0.15, 0.2) is 60.7 Å². The van der Waals surface area contributed by atoms with Crippen molar-refractivity contribution in [1.82, 2.24) is 4.90 Å². The number of nitrogens with zero attached hydrogens (tertiary/aromatic N) is 1. The maximum Gasteiger partial charge on any atom is 0.306 e. The first kappa shape index (κ1) is 27.1. The molecule has 0 radical (unpaired) electrons. The Bertz CT molecular complexity index is 897. The van der Waals surface area contributed by atoms with Crippen LogP contribution in [0.5, 0.6) is 11.5 Å². The van der Waals surface area contributed by atoms with Crippen LogP contribution in [0.4, 0.5) is 0 Å². The van der Waals surface area contributed by atoms with E-state index in [0.717, 1.165) is 62.2 Å². The van der Waals surface area contributed by atoms with Crippen molar-refractivity contribution in [1.29, 1.82) is 0 Å². The van der Waals surface area contributed by atoms with E-state index in [4.69, 9.17) is 14.2 Å². The molecular weight excluding hydrogens is 430 g/mol. The number of carbonyl (C=O) groups is 2. The van der Waals surface area contributed by atoms with Gasteiger partial charge in [0.15, 0.2) is 11.5 Å². The average molecular weight is 468 g/mol. The molecule has 34 heavy (non-hydrogen) atoms. The van der Waals surface area contributed by atoms with E-state index in [9.17, 15) is 9.59 Å². The largest absolute Gasteiger partial charge is 0.457 e. The normalized spacial score (nSPS) is 15.9. The molecule has 1 atom stereocenters. The summed E-state index contributed by atoms with van der Waals surface area (Å²) < 4.78 is 15.8. The Balaban J connectivity index is 0.000000248. The van der Waals surface area contributed by atoms with Gasteiger partial charge in [-0.25, -0.2) is 0 Å². The average Bonchev–Trinajstić information content (AvgIpc) is 3.53. The summed E-state index contributed by atoms with van der Waals surface area (Å²) in [6.07, 6.45) is 7.68. The fourth-order valence-corrected chi connectivity index (χ4v) is 3.72. The number of ether oxygens (including phenoxy) is 3. The molecule has 6 nitrogen and oxygen atoms in total. The molecule has 2 aliphatic rings. The molecule has 1 saturated heterocycles. The molecule has 0 amide bonds. The van der Waals surface area contributed by atoms with Gasteiger partial charge in [0.1, 0.15) is 12.4 Å². The fraction of sp³-hybridized carbons (Fsp3) is 0.429. The van der Waals surface area contributed by atoms with Crippen LogP contribution < -0.4 is 9.47 Å².